The highest BCUT2D eigenvalue weighted by Crippen LogP contribution is 2.30. The molecule has 2 rings (SSSR count). The predicted octanol–water partition coefficient (Wildman–Crippen LogP) is 4.54. The van der Waals surface area contributed by atoms with E-state index in [1.165, 1.54) is 11.1 Å². The molecule has 0 spiro atoms. The van der Waals surface area contributed by atoms with Gasteiger partial charge < -0.3 is 9.73 Å². The summed E-state index contributed by atoms with van der Waals surface area (Å²) in [5.41, 5.74) is 3.64. The van der Waals surface area contributed by atoms with Crippen molar-refractivity contribution in [3.05, 3.63) is 58.5 Å². The molecule has 0 aliphatic carbocycles. The van der Waals surface area contributed by atoms with Crippen molar-refractivity contribution in [1.82, 2.24) is 5.32 Å². The zero-order chi connectivity index (χ0) is 14.0. The zero-order valence-corrected chi connectivity index (χ0v) is 12.6. The van der Waals surface area contributed by atoms with Crippen LogP contribution in [-0.4, -0.2) is 7.05 Å². The summed E-state index contributed by atoms with van der Waals surface area (Å²) in [4.78, 5) is 0. The third-order valence-corrected chi connectivity index (χ3v) is 3.66. The number of furan rings is 1. The van der Waals surface area contributed by atoms with Gasteiger partial charge in [0.1, 0.15) is 0 Å². The van der Waals surface area contributed by atoms with Crippen molar-refractivity contribution in [2.45, 2.75) is 32.2 Å². The largest absolute Gasteiger partial charge is 0.453 e. The van der Waals surface area contributed by atoms with Gasteiger partial charge in [0.05, 0.1) is 12.3 Å². The second-order valence-corrected chi connectivity index (χ2v) is 6.09. The Kier molecular flexibility index (Phi) is 4.02. The summed E-state index contributed by atoms with van der Waals surface area (Å²) in [7, 11) is 1.92. The molecule has 102 valence electrons. The number of rotatable bonds is 3. The number of hydrogen-bond donors (Lipinski definition) is 1. The van der Waals surface area contributed by atoms with Crippen LogP contribution in [0.2, 0.25) is 5.22 Å². The van der Waals surface area contributed by atoms with Crippen molar-refractivity contribution < 1.29 is 4.42 Å². The molecular formula is C16H20ClNO. The quantitative estimate of drug-likeness (QED) is 0.891. The molecule has 0 saturated carbocycles. The van der Waals surface area contributed by atoms with Crippen LogP contribution in [0.1, 0.15) is 43.5 Å². The molecule has 1 atom stereocenters. The molecule has 0 fully saturated rings. The van der Waals surface area contributed by atoms with Crippen molar-refractivity contribution in [3.63, 3.8) is 0 Å². The molecule has 19 heavy (non-hydrogen) atoms. The summed E-state index contributed by atoms with van der Waals surface area (Å²) in [5.74, 6) is 0. The normalized spacial score (nSPS) is 13.5. The molecule has 1 heterocycles. The van der Waals surface area contributed by atoms with Gasteiger partial charge in [0.25, 0.3) is 0 Å². The Morgan fingerprint density at radius 2 is 1.74 bits per heavy atom. The smallest absolute Gasteiger partial charge is 0.198 e. The fraction of sp³-hybridized carbons (Fsp3) is 0.375. The lowest BCUT2D eigenvalue weighted by Crippen LogP contribution is -2.18. The Labute approximate surface area is 119 Å². The second kappa shape index (κ2) is 5.40. The van der Waals surface area contributed by atoms with E-state index in [2.05, 4.69) is 50.4 Å². The summed E-state index contributed by atoms with van der Waals surface area (Å²) in [6.07, 6.45) is 1.62. The molecular weight excluding hydrogens is 258 g/mol. The maximum atomic E-state index is 6.06. The van der Waals surface area contributed by atoms with E-state index in [0.717, 1.165) is 5.56 Å². The topological polar surface area (TPSA) is 25.2 Å². The van der Waals surface area contributed by atoms with Crippen LogP contribution in [0.4, 0.5) is 0 Å². The number of nitrogens with one attached hydrogen (secondary N) is 1. The molecule has 0 radical (unpaired) electrons. The predicted molar refractivity (Wildman–Crippen MR) is 79.8 cm³/mol. The molecule has 0 aliphatic heterocycles. The van der Waals surface area contributed by atoms with Crippen LogP contribution in [0.25, 0.3) is 0 Å². The first-order chi connectivity index (χ1) is 8.93. The van der Waals surface area contributed by atoms with Crippen LogP contribution in [0.5, 0.6) is 0 Å². The van der Waals surface area contributed by atoms with Gasteiger partial charge in [-0.3, -0.25) is 0 Å². The first-order valence-corrected chi connectivity index (χ1v) is 6.82. The first kappa shape index (κ1) is 14.2. The van der Waals surface area contributed by atoms with E-state index >= 15 is 0 Å². The summed E-state index contributed by atoms with van der Waals surface area (Å²) in [6, 6.07) is 10.6. The van der Waals surface area contributed by atoms with Crippen LogP contribution < -0.4 is 5.32 Å². The average molecular weight is 278 g/mol. The van der Waals surface area contributed by atoms with Gasteiger partial charge in [0.2, 0.25) is 0 Å². The van der Waals surface area contributed by atoms with Gasteiger partial charge in [0, 0.05) is 5.56 Å². The number of halogens is 1. The van der Waals surface area contributed by atoms with Gasteiger partial charge >= 0.3 is 0 Å². The monoisotopic (exact) mass is 277 g/mol. The minimum absolute atomic E-state index is 0.0558. The summed E-state index contributed by atoms with van der Waals surface area (Å²) in [5, 5.41) is 3.72. The van der Waals surface area contributed by atoms with E-state index in [-0.39, 0.29) is 11.5 Å². The van der Waals surface area contributed by atoms with Crippen molar-refractivity contribution >= 4 is 11.6 Å². The van der Waals surface area contributed by atoms with Crippen LogP contribution in [0.3, 0.4) is 0 Å². The summed E-state index contributed by atoms with van der Waals surface area (Å²) in [6.45, 7) is 6.64. The van der Waals surface area contributed by atoms with Gasteiger partial charge in [-0.05, 0) is 41.3 Å². The highest BCUT2D eigenvalue weighted by Gasteiger charge is 2.19. The lowest BCUT2D eigenvalue weighted by Gasteiger charge is -2.21. The van der Waals surface area contributed by atoms with Gasteiger partial charge in [0.15, 0.2) is 5.22 Å². The molecule has 1 unspecified atom stereocenters. The summed E-state index contributed by atoms with van der Waals surface area (Å²) >= 11 is 6.06. The van der Waals surface area contributed by atoms with E-state index in [0.29, 0.717) is 5.22 Å². The lowest BCUT2D eigenvalue weighted by molar-refractivity contribution is 0.559. The Morgan fingerprint density at radius 3 is 2.16 bits per heavy atom. The lowest BCUT2D eigenvalue weighted by atomic mass is 9.86. The highest BCUT2D eigenvalue weighted by atomic mass is 35.5. The third-order valence-electron chi connectivity index (χ3n) is 3.36. The number of benzene rings is 1. The van der Waals surface area contributed by atoms with E-state index in [1.54, 1.807) is 6.26 Å². The van der Waals surface area contributed by atoms with Crippen LogP contribution >= 0.6 is 11.6 Å². The fourth-order valence-electron chi connectivity index (χ4n) is 2.19. The number of hydrogen-bond acceptors (Lipinski definition) is 2. The van der Waals surface area contributed by atoms with E-state index in [9.17, 15) is 0 Å². The molecule has 1 aromatic heterocycles. The molecule has 0 saturated heterocycles. The Morgan fingerprint density at radius 1 is 1.11 bits per heavy atom. The van der Waals surface area contributed by atoms with E-state index in [1.807, 2.05) is 13.1 Å². The SMILES string of the molecule is CNC(c1ccc(C(C)(C)C)cc1)c1ccoc1Cl. The molecule has 2 aromatic rings. The van der Waals surface area contributed by atoms with Gasteiger partial charge in [-0.25, -0.2) is 0 Å². The molecule has 1 aromatic carbocycles. The standard InChI is InChI=1S/C16H20ClNO/c1-16(2,3)12-7-5-11(6-8-12)14(18-4)13-9-10-19-15(13)17/h5-10,14,18H,1-4H3. The highest BCUT2D eigenvalue weighted by molar-refractivity contribution is 6.29. The van der Waals surface area contributed by atoms with E-state index in [4.69, 9.17) is 16.0 Å². The van der Waals surface area contributed by atoms with Gasteiger partial charge in [-0.1, -0.05) is 45.0 Å². The average Bonchev–Trinajstić information content (AvgIpc) is 2.76. The second-order valence-electron chi connectivity index (χ2n) is 5.74. The van der Waals surface area contributed by atoms with Crippen LogP contribution in [-0.2, 0) is 5.41 Å². The molecule has 1 N–H and O–H groups in total. The van der Waals surface area contributed by atoms with Crippen LogP contribution in [0, 0.1) is 0 Å². The zero-order valence-electron chi connectivity index (χ0n) is 11.8. The van der Waals surface area contributed by atoms with Gasteiger partial charge in [-0.2, -0.15) is 0 Å². The first-order valence-electron chi connectivity index (χ1n) is 6.44. The Balaban J connectivity index is 2.33. The molecule has 0 aliphatic rings. The fourth-order valence-corrected chi connectivity index (χ4v) is 2.41. The maximum Gasteiger partial charge on any atom is 0.198 e. The van der Waals surface area contributed by atoms with Gasteiger partial charge in [-0.15, -0.1) is 0 Å². The minimum atomic E-state index is 0.0558. The molecule has 3 heteroatoms. The minimum Gasteiger partial charge on any atom is -0.453 e. The van der Waals surface area contributed by atoms with Crippen molar-refractivity contribution in [3.8, 4) is 0 Å². The molecule has 0 bridgehead atoms. The molecule has 0 amide bonds. The third kappa shape index (κ3) is 3.02. The van der Waals surface area contributed by atoms with Crippen molar-refractivity contribution in [2.75, 3.05) is 7.05 Å². The maximum absolute atomic E-state index is 6.06. The Bertz CT molecular complexity index is 537. The van der Waals surface area contributed by atoms with E-state index < -0.39 is 0 Å². The van der Waals surface area contributed by atoms with Crippen molar-refractivity contribution in [2.24, 2.45) is 0 Å². The Hall–Kier alpha value is -1.25. The van der Waals surface area contributed by atoms with Crippen LogP contribution in [0.15, 0.2) is 41.0 Å². The summed E-state index contributed by atoms with van der Waals surface area (Å²) < 4.78 is 5.17. The van der Waals surface area contributed by atoms with Crippen molar-refractivity contribution in [1.29, 1.82) is 0 Å². The molecule has 2 nitrogen and oxygen atoms in total.